The van der Waals surface area contributed by atoms with Crippen LogP contribution in [0.4, 0.5) is 0 Å². The molecule has 2 rings (SSSR count). The van der Waals surface area contributed by atoms with E-state index in [9.17, 15) is 0 Å². The Morgan fingerprint density at radius 1 is 1.06 bits per heavy atom. The Balaban J connectivity index is 2.75. The highest BCUT2D eigenvalue weighted by atomic mass is 35.5. The number of halogens is 6. The molecule has 0 aliphatic heterocycles. The zero-order valence-electron chi connectivity index (χ0n) is 7.84. The summed E-state index contributed by atoms with van der Waals surface area (Å²) in [6.07, 6.45) is 3.90. The van der Waals surface area contributed by atoms with Crippen molar-refractivity contribution >= 4 is 69.6 Å². The van der Waals surface area contributed by atoms with Crippen molar-refractivity contribution in [2.24, 2.45) is 0 Å². The monoisotopic (exact) mass is 336 g/mol. The number of allylic oxidation sites excluding steroid dienone is 5. The van der Waals surface area contributed by atoms with Gasteiger partial charge < -0.3 is 0 Å². The van der Waals surface area contributed by atoms with Crippen molar-refractivity contribution in [3.63, 3.8) is 0 Å². The third kappa shape index (κ3) is 1.27. The average molecular weight is 339 g/mol. The quantitative estimate of drug-likeness (QED) is 0.523. The van der Waals surface area contributed by atoms with E-state index in [-0.39, 0.29) is 10.1 Å². The largest absolute Gasteiger partial charge is 0.176 e. The summed E-state index contributed by atoms with van der Waals surface area (Å²) in [5.74, 6) is 0. The number of rotatable bonds is 0. The number of alkyl halides is 4. The van der Waals surface area contributed by atoms with Crippen LogP contribution in [0.5, 0.6) is 0 Å². The minimum absolute atomic E-state index is 0.0624. The standard InChI is InChI=1S/C10H6Cl6/c1-5-3-2-4-8(13)9(5,14)6(11)7(12)10(8,15)16/h2-3H,1,4H2. The zero-order chi connectivity index (χ0) is 12.4. The lowest BCUT2D eigenvalue weighted by atomic mass is 9.80. The summed E-state index contributed by atoms with van der Waals surface area (Å²) >= 11 is 37.4. The minimum Gasteiger partial charge on any atom is -0.112 e. The first-order valence-corrected chi connectivity index (χ1v) is 6.64. The van der Waals surface area contributed by atoms with Gasteiger partial charge in [0.15, 0.2) is 4.33 Å². The molecule has 0 bridgehead atoms. The topological polar surface area (TPSA) is 0 Å². The van der Waals surface area contributed by atoms with Crippen LogP contribution in [-0.4, -0.2) is 14.1 Å². The maximum absolute atomic E-state index is 6.47. The molecule has 0 fully saturated rings. The molecule has 2 unspecified atom stereocenters. The second-order valence-electron chi connectivity index (χ2n) is 3.79. The Morgan fingerprint density at radius 3 is 2.12 bits per heavy atom. The van der Waals surface area contributed by atoms with Crippen LogP contribution < -0.4 is 0 Å². The van der Waals surface area contributed by atoms with Crippen LogP contribution in [0.2, 0.25) is 0 Å². The molecular weight excluding hydrogens is 333 g/mol. The molecule has 6 heteroatoms. The molecule has 2 aliphatic rings. The van der Waals surface area contributed by atoms with Crippen molar-refractivity contribution in [3.05, 3.63) is 34.4 Å². The fourth-order valence-electron chi connectivity index (χ4n) is 2.00. The summed E-state index contributed by atoms with van der Waals surface area (Å²) in [7, 11) is 0. The third-order valence-corrected chi connectivity index (χ3v) is 7.10. The van der Waals surface area contributed by atoms with Gasteiger partial charge in [-0.1, -0.05) is 65.1 Å². The van der Waals surface area contributed by atoms with Crippen molar-refractivity contribution in [2.45, 2.75) is 20.5 Å². The Kier molecular flexibility index (Phi) is 3.12. The molecule has 0 amide bonds. The van der Waals surface area contributed by atoms with Crippen LogP contribution in [-0.2, 0) is 0 Å². The van der Waals surface area contributed by atoms with Crippen molar-refractivity contribution in [1.82, 2.24) is 0 Å². The first-order chi connectivity index (χ1) is 7.19. The lowest BCUT2D eigenvalue weighted by molar-refractivity contribution is 0.515. The van der Waals surface area contributed by atoms with Crippen LogP contribution in [0.3, 0.4) is 0 Å². The molecule has 0 saturated carbocycles. The number of fused-ring (bicyclic) bond motifs is 1. The molecule has 0 nitrogen and oxygen atoms in total. The van der Waals surface area contributed by atoms with Gasteiger partial charge in [0.05, 0.1) is 10.1 Å². The molecule has 0 saturated heterocycles. The van der Waals surface area contributed by atoms with Gasteiger partial charge in [0.1, 0.15) is 9.75 Å². The fourth-order valence-corrected chi connectivity index (χ4v) is 4.46. The highest BCUT2D eigenvalue weighted by Gasteiger charge is 2.71. The van der Waals surface area contributed by atoms with E-state index in [0.717, 1.165) is 0 Å². The van der Waals surface area contributed by atoms with E-state index in [1.165, 1.54) is 0 Å². The molecule has 0 spiro atoms. The SMILES string of the molecule is C=C1C=CCC2(Cl)C(Cl)(Cl)C(Cl)=C(Cl)C12Cl. The average Bonchev–Trinajstić information content (AvgIpc) is 2.31. The summed E-state index contributed by atoms with van der Waals surface area (Å²) in [5.41, 5.74) is 0.529. The van der Waals surface area contributed by atoms with Gasteiger partial charge in [-0.2, -0.15) is 0 Å². The highest BCUT2D eigenvalue weighted by molar-refractivity contribution is 6.65. The van der Waals surface area contributed by atoms with Crippen molar-refractivity contribution < 1.29 is 0 Å². The predicted octanol–water partition coefficient (Wildman–Crippen LogP) is 5.33. The molecule has 0 heterocycles. The van der Waals surface area contributed by atoms with E-state index in [4.69, 9.17) is 69.6 Å². The summed E-state index contributed by atoms with van der Waals surface area (Å²) < 4.78 is -1.53. The number of hydrogen-bond acceptors (Lipinski definition) is 0. The van der Waals surface area contributed by atoms with E-state index in [2.05, 4.69) is 6.58 Å². The maximum atomic E-state index is 6.47. The van der Waals surface area contributed by atoms with Gasteiger partial charge in [0.25, 0.3) is 0 Å². The van der Waals surface area contributed by atoms with Crippen molar-refractivity contribution in [1.29, 1.82) is 0 Å². The van der Waals surface area contributed by atoms with Gasteiger partial charge in [-0.15, -0.1) is 23.2 Å². The lowest BCUT2D eigenvalue weighted by Gasteiger charge is -2.44. The lowest BCUT2D eigenvalue weighted by Crippen LogP contribution is -2.53. The van der Waals surface area contributed by atoms with Crippen LogP contribution in [0, 0.1) is 0 Å². The van der Waals surface area contributed by atoms with Gasteiger partial charge in [-0.25, -0.2) is 0 Å². The summed E-state index contributed by atoms with van der Waals surface area (Å²) in [6.45, 7) is 3.83. The molecule has 0 aromatic rings. The molecule has 16 heavy (non-hydrogen) atoms. The Hall–Kier alpha value is 0.960. The normalized spacial score (nSPS) is 41.5. The summed E-state index contributed by atoms with van der Waals surface area (Å²) in [6, 6.07) is 0. The predicted molar refractivity (Wildman–Crippen MR) is 73.2 cm³/mol. The Labute approximate surface area is 124 Å². The zero-order valence-corrected chi connectivity index (χ0v) is 12.4. The van der Waals surface area contributed by atoms with Crippen LogP contribution in [0.1, 0.15) is 6.42 Å². The van der Waals surface area contributed by atoms with E-state index in [1.807, 2.05) is 0 Å². The molecule has 0 N–H and O–H groups in total. The first kappa shape index (κ1) is 13.4. The second-order valence-corrected chi connectivity index (χ2v) is 7.09. The van der Waals surface area contributed by atoms with Gasteiger partial charge in [-0.05, 0) is 12.0 Å². The van der Waals surface area contributed by atoms with E-state index < -0.39 is 14.1 Å². The van der Waals surface area contributed by atoms with Crippen LogP contribution in [0.25, 0.3) is 0 Å². The van der Waals surface area contributed by atoms with Crippen molar-refractivity contribution in [2.75, 3.05) is 0 Å². The third-order valence-electron chi connectivity index (χ3n) is 2.98. The molecule has 0 radical (unpaired) electrons. The fraction of sp³-hybridized carbons (Fsp3) is 0.400. The summed E-state index contributed by atoms with van der Waals surface area (Å²) in [4.78, 5) is -2.46. The molecule has 88 valence electrons. The van der Waals surface area contributed by atoms with E-state index in [0.29, 0.717) is 12.0 Å². The molecule has 2 aliphatic carbocycles. The molecule has 2 atom stereocenters. The van der Waals surface area contributed by atoms with E-state index in [1.54, 1.807) is 12.2 Å². The maximum Gasteiger partial charge on any atom is 0.176 e. The Morgan fingerprint density at radius 2 is 1.62 bits per heavy atom. The molecule has 0 aromatic heterocycles. The smallest absolute Gasteiger partial charge is 0.112 e. The highest BCUT2D eigenvalue weighted by Crippen LogP contribution is 2.68. The molecule has 0 aromatic carbocycles. The minimum atomic E-state index is -1.53. The Bertz CT molecular complexity index is 435. The summed E-state index contributed by atoms with van der Waals surface area (Å²) in [5, 5.41) is 0.206. The van der Waals surface area contributed by atoms with Gasteiger partial charge in [0, 0.05) is 0 Å². The second kappa shape index (κ2) is 3.73. The van der Waals surface area contributed by atoms with Crippen molar-refractivity contribution in [3.8, 4) is 0 Å². The van der Waals surface area contributed by atoms with Gasteiger partial charge >= 0.3 is 0 Å². The molecular formula is C10H6Cl6. The van der Waals surface area contributed by atoms with Crippen LogP contribution >= 0.6 is 69.6 Å². The van der Waals surface area contributed by atoms with Gasteiger partial charge in [-0.3, -0.25) is 0 Å². The first-order valence-electron chi connectivity index (χ1n) is 4.37. The van der Waals surface area contributed by atoms with Crippen LogP contribution in [0.15, 0.2) is 34.4 Å². The van der Waals surface area contributed by atoms with E-state index >= 15 is 0 Å². The van der Waals surface area contributed by atoms with Gasteiger partial charge in [0.2, 0.25) is 0 Å². The number of hydrogen-bond donors (Lipinski definition) is 0.